The van der Waals surface area contributed by atoms with E-state index in [-0.39, 0.29) is 5.91 Å². The Morgan fingerprint density at radius 3 is 2.89 bits per heavy atom. The fourth-order valence-electron chi connectivity index (χ4n) is 2.25. The Morgan fingerprint density at radius 1 is 1.53 bits per heavy atom. The Labute approximate surface area is 117 Å². The Kier molecular flexibility index (Phi) is 5.30. The van der Waals surface area contributed by atoms with E-state index >= 15 is 0 Å². The van der Waals surface area contributed by atoms with Gasteiger partial charge < -0.3 is 15.8 Å². The molecule has 1 heterocycles. The third kappa shape index (κ3) is 4.26. The molecule has 0 bridgehead atoms. The summed E-state index contributed by atoms with van der Waals surface area (Å²) in [6.45, 7) is 2.94. The van der Waals surface area contributed by atoms with Crippen LogP contribution in [-0.4, -0.2) is 36.2 Å². The van der Waals surface area contributed by atoms with Crippen molar-refractivity contribution < 1.29 is 9.53 Å². The molecule has 1 fully saturated rings. The smallest absolute Gasteiger partial charge is 0.263 e. The van der Waals surface area contributed by atoms with Crippen molar-refractivity contribution in [2.45, 2.75) is 44.8 Å². The van der Waals surface area contributed by atoms with E-state index in [9.17, 15) is 4.79 Å². The zero-order valence-corrected chi connectivity index (χ0v) is 12.0. The summed E-state index contributed by atoms with van der Waals surface area (Å²) < 4.78 is 5.75. The second-order valence-electron chi connectivity index (χ2n) is 4.93. The highest BCUT2D eigenvalue weighted by atomic mass is 32.1. The van der Waals surface area contributed by atoms with Gasteiger partial charge in [-0.15, -0.1) is 11.3 Å². The summed E-state index contributed by atoms with van der Waals surface area (Å²) in [4.78, 5) is 16.6. The van der Waals surface area contributed by atoms with Crippen LogP contribution >= 0.6 is 11.3 Å². The highest BCUT2D eigenvalue weighted by Gasteiger charge is 2.18. The van der Waals surface area contributed by atoms with E-state index in [4.69, 9.17) is 10.5 Å². The zero-order valence-electron chi connectivity index (χ0n) is 11.2. The molecule has 2 rings (SSSR count). The van der Waals surface area contributed by atoms with Gasteiger partial charge in [-0.05, 0) is 32.6 Å². The molecule has 1 aromatic rings. The lowest BCUT2D eigenvalue weighted by molar-refractivity contribution is 0.0268. The minimum atomic E-state index is -0.0609. The second kappa shape index (κ2) is 6.98. The van der Waals surface area contributed by atoms with E-state index in [1.54, 1.807) is 5.51 Å². The average Bonchev–Trinajstić information content (AvgIpc) is 2.83. The van der Waals surface area contributed by atoms with E-state index in [1.807, 2.05) is 6.92 Å². The van der Waals surface area contributed by atoms with Crippen LogP contribution in [0.5, 0.6) is 0 Å². The van der Waals surface area contributed by atoms with Crippen molar-refractivity contribution >= 4 is 17.2 Å². The number of ether oxygens (including phenoxy) is 1. The zero-order chi connectivity index (χ0) is 13.7. The average molecular weight is 283 g/mol. The van der Waals surface area contributed by atoms with E-state index in [0.717, 1.165) is 31.4 Å². The van der Waals surface area contributed by atoms with Crippen LogP contribution in [0, 0.1) is 6.92 Å². The van der Waals surface area contributed by atoms with Crippen LogP contribution in [0.4, 0.5) is 0 Å². The molecule has 0 unspecified atom stereocenters. The van der Waals surface area contributed by atoms with Gasteiger partial charge in [-0.25, -0.2) is 4.98 Å². The van der Waals surface area contributed by atoms with Gasteiger partial charge in [0.15, 0.2) is 0 Å². The van der Waals surface area contributed by atoms with Crippen LogP contribution in [0.25, 0.3) is 0 Å². The normalized spacial score (nSPS) is 23.3. The lowest BCUT2D eigenvalue weighted by atomic mass is 9.94. The summed E-state index contributed by atoms with van der Waals surface area (Å²) >= 11 is 1.37. The third-order valence-corrected chi connectivity index (χ3v) is 4.34. The number of hydrogen-bond acceptors (Lipinski definition) is 5. The predicted molar refractivity (Wildman–Crippen MR) is 75.4 cm³/mol. The summed E-state index contributed by atoms with van der Waals surface area (Å²) in [5.74, 6) is -0.0609. The van der Waals surface area contributed by atoms with Crippen LogP contribution in [0.1, 0.15) is 41.0 Å². The fraction of sp³-hybridized carbons (Fsp3) is 0.692. The maximum atomic E-state index is 11.8. The van der Waals surface area contributed by atoms with Crippen LogP contribution in [-0.2, 0) is 4.74 Å². The highest BCUT2D eigenvalue weighted by molar-refractivity contribution is 7.11. The Balaban J connectivity index is 1.62. The maximum Gasteiger partial charge on any atom is 0.263 e. The molecule has 3 N–H and O–H groups in total. The van der Waals surface area contributed by atoms with E-state index in [2.05, 4.69) is 10.3 Å². The van der Waals surface area contributed by atoms with Crippen molar-refractivity contribution in [3.8, 4) is 0 Å². The Hall–Kier alpha value is -0.980. The number of rotatable bonds is 5. The Morgan fingerprint density at radius 2 is 2.26 bits per heavy atom. The summed E-state index contributed by atoms with van der Waals surface area (Å²) in [5.41, 5.74) is 8.31. The van der Waals surface area contributed by atoms with Crippen molar-refractivity contribution in [2.75, 3.05) is 13.2 Å². The van der Waals surface area contributed by atoms with Crippen molar-refractivity contribution in [2.24, 2.45) is 5.73 Å². The molecule has 19 heavy (non-hydrogen) atoms. The van der Waals surface area contributed by atoms with Crippen molar-refractivity contribution in [1.82, 2.24) is 10.3 Å². The maximum absolute atomic E-state index is 11.8. The van der Waals surface area contributed by atoms with Crippen molar-refractivity contribution in [3.05, 3.63) is 16.1 Å². The number of carbonyl (C=O) groups is 1. The van der Waals surface area contributed by atoms with E-state index < -0.39 is 0 Å². The minimum Gasteiger partial charge on any atom is -0.376 e. The number of amides is 1. The SMILES string of the molecule is Cc1ncsc1C(=O)NCCOC1CCC(N)CC1. The molecule has 1 aromatic heterocycles. The highest BCUT2D eigenvalue weighted by Crippen LogP contribution is 2.19. The topological polar surface area (TPSA) is 77.2 Å². The van der Waals surface area contributed by atoms with Gasteiger partial charge in [0.1, 0.15) is 4.88 Å². The number of aryl methyl sites for hydroxylation is 1. The molecule has 0 saturated heterocycles. The first kappa shape index (κ1) is 14.4. The molecule has 1 amide bonds. The summed E-state index contributed by atoms with van der Waals surface area (Å²) in [6.07, 6.45) is 4.45. The van der Waals surface area contributed by atoms with E-state index in [1.165, 1.54) is 11.3 Å². The molecule has 1 aliphatic carbocycles. The van der Waals surface area contributed by atoms with Gasteiger partial charge in [0, 0.05) is 12.6 Å². The molecule has 1 aliphatic rings. The van der Waals surface area contributed by atoms with Crippen LogP contribution in [0.15, 0.2) is 5.51 Å². The number of thiazole rings is 1. The first-order valence-corrected chi connectivity index (χ1v) is 7.60. The first-order valence-electron chi connectivity index (χ1n) is 6.72. The van der Waals surface area contributed by atoms with Gasteiger partial charge >= 0.3 is 0 Å². The standard InChI is InChI=1S/C13H21N3O2S/c1-9-12(19-8-16-9)13(17)15-6-7-18-11-4-2-10(14)3-5-11/h8,10-11H,2-7,14H2,1H3,(H,15,17). The monoisotopic (exact) mass is 283 g/mol. The summed E-state index contributed by atoms with van der Waals surface area (Å²) in [6, 6.07) is 0.342. The molecular weight excluding hydrogens is 262 g/mol. The second-order valence-corrected chi connectivity index (χ2v) is 5.79. The molecule has 0 atom stereocenters. The van der Waals surface area contributed by atoms with Crippen LogP contribution < -0.4 is 11.1 Å². The molecule has 6 heteroatoms. The lowest BCUT2D eigenvalue weighted by Gasteiger charge is -2.26. The quantitative estimate of drug-likeness (QED) is 0.802. The molecule has 0 aromatic carbocycles. The van der Waals surface area contributed by atoms with Crippen LogP contribution in [0.3, 0.4) is 0 Å². The van der Waals surface area contributed by atoms with Crippen molar-refractivity contribution in [3.63, 3.8) is 0 Å². The Bertz CT molecular complexity index is 414. The van der Waals surface area contributed by atoms with Gasteiger partial charge in [0.25, 0.3) is 5.91 Å². The number of nitrogens with one attached hydrogen (secondary N) is 1. The third-order valence-electron chi connectivity index (χ3n) is 3.41. The molecular formula is C13H21N3O2S. The number of aromatic nitrogens is 1. The predicted octanol–water partition coefficient (Wildman–Crippen LogP) is 1.47. The number of nitrogens with zero attached hydrogens (tertiary/aromatic N) is 1. The molecule has 106 valence electrons. The van der Waals surface area contributed by atoms with Gasteiger partial charge in [-0.3, -0.25) is 4.79 Å². The van der Waals surface area contributed by atoms with Gasteiger partial charge in [0.05, 0.1) is 23.9 Å². The van der Waals surface area contributed by atoms with E-state index in [0.29, 0.717) is 30.2 Å². The summed E-state index contributed by atoms with van der Waals surface area (Å²) in [7, 11) is 0. The molecule has 0 spiro atoms. The number of hydrogen-bond donors (Lipinski definition) is 2. The fourth-order valence-corrected chi connectivity index (χ4v) is 2.96. The largest absolute Gasteiger partial charge is 0.376 e. The molecule has 0 aliphatic heterocycles. The first-order chi connectivity index (χ1) is 9.16. The summed E-state index contributed by atoms with van der Waals surface area (Å²) in [5, 5.41) is 2.86. The molecule has 1 saturated carbocycles. The minimum absolute atomic E-state index is 0.0609. The number of carbonyl (C=O) groups excluding carboxylic acids is 1. The number of nitrogens with two attached hydrogens (primary N) is 1. The van der Waals surface area contributed by atoms with Gasteiger partial charge in [-0.1, -0.05) is 0 Å². The molecule has 5 nitrogen and oxygen atoms in total. The van der Waals surface area contributed by atoms with Gasteiger partial charge in [-0.2, -0.15) is 0 Å². The molecule has 0 radical (unpaired) electrons. The van der Waals surface area contributed by atoms with Crippen molar-refractivity contribution in [1.29, 1.82) is 0 Å². The lowest BCUT2D eigenvalue weighted by Crippen LogP contribution is -2.33. The van der Waals surface area contributed by atoms with Gasteiger partial charge in [0.2, 0.25) is 0 Å². The van der Waals surface area contributed by atoms with Crippen LogP contribution in [0.2, 0.25) is 0 Å².